The first-order valence-electron chi connectivity index (χ1n) is 7.51. The van der Waals surface area contributed by atoms with E-state index in [4.69, 9.17) is 49.0 Å². The van der Waals surface area contributed by atoms with Crippen molar-refractivity contribution < 1.29 is 23.8 Å². The Morgan fingerprint density at radius 3 is 2.23 bits per heavy atom. The number of carbonyl (C=O) groups is 2. The van der Waals surface area contributed by atoms with Crippen LogP contribution in [0.4, 0.5) is 0 Å². The van der Waals surface area contributed by atoms with E-state index in [2.05, 4.69) is 0 Å². The quantitative estimate of drug-likeness (QED) is 0.495. The van der Waals surface area contributed by atoms with Gasteiger partial charge < -0.3 is 14.2 Å². The third-order valence-electron chi connectivity index (χ3n) is 3.23. The molecule has 138 valence electrons. The lowest BCUT2D eigenvalue weighted by atomic mass is 10.2. The van der Waals surface area contributed by atoms with Gasteiger partial charge in [0.2, 0.25) is 0 Å². The number of ether oxygens (including phenoxy) is 3. The fourth-order valence-corrected chi connectivity index (χ4v) is 2.63. The number of rotatable bonds is 6. The van der Waals surface area contributed by atoms with E-state index in [0.29, 0.717) is 15.8 Å². The SMILES string of the molecule is Cc1cc(Cl)ccc1OCC(=O)OC(=O)[C@H](C)Oc1ccc(Cl)cc1Cl. The van der Waals surface area contributed by atoms with Crippen LogP contribution in [0.1, 0.15) is 12.5 Å². The van der Waals surface area contributed by atoms with Crippen LogP contribution < -0.4 is 9.47 Å². The Morgan fingerprint density at radius 1 is 1.00 bits per heavy atom. The van der Waals surface area contributed by atoms with Gasteiger partial charge in [-0.25, -0.2) is 9.59 Å². The molecule has 0 bridgehead atoms. The van der Waals surface area contributed by atoms with Gasteiger partial charge in [-0.05, 0) is 55.8 Å². The summed E-state index contributed by atoms with van der Waals surface area (Å²) in [5, 5.41) is 1.23. The van der Waals surface area contributed by atoms with Crippen molar-refractivity contribution in [3.05, 3.63) is 57.0 Å². The first kappa shape index (κ1) is 20.4. The van der Waals surface area contributed by atoms with Crippen LogP contribution in [0.25, 0.3) is 0 Å². The Kier molecular flexibility index (Phi) is 7.14. The maximum Gasteiger partial charge on any atom is 0.354 e. The molecule has 0 heterocycles. The van der Waals surface area contributed by atoms with Crippen LogP contribution in [0.3, 0.4) is 0 Å². The number of esters is 2. The molecule has 0 aromatic heterocycles. The minimum Gasteiger partial charge on any atom is -0.482 e. The lowest BCUT2D eigenvalue weighted by molar-refractivity contribution is -0.165. The van der Waals surface area contributed by atoms with Gasteiger partial charge in [0.05, 0.1) is 5.02 Å². The third-order valence-corrected chi connectivity index (χ3v) is 3.99. The van der Waals surface area contributed by atoms with Crippen molar-refractivity contribution >= 4 is 46.7 Å². The highest BCUT2D eigenvalue weighted by Crippen LogP contribution is 2.28. The van der Waals surface area contributed by atoms with E-state index in [1.165, 1.54) is 19.1 Å². The van der Waals surface area contributed by atoms with E-state index in [1.54, 1.807) is 31.2 Å². The average molecular weight is 418 g/mol. The smallest absolute Gasteiger partial charge is 0.354 e. The van der Waals surface area contributed by atoms with Crippen molar-refractivity contribution in [3.63, 3.8) is 0 Å². The highest BCUT2D eigenvalue weighted by atomic mass is 35.5. The van der Waals surface area contributed by atoms with Gasteiger partial charge in [0.25, 0.3) is 0 Å². The lowest BCUT2D eigenvalue weighted by Crippen LogP contribution is -2.30. The molecule has 0 saturated carbocycles. The predicted molar refractivity (Wildman–Crippen MR) is 99.3 cm³/mol. The van der Waals surface area contributed by atoms with Gasteiger partial charge in [0.15, 0.2) is 12.7 Å². The predicted octanol–water partition coefficient (Wildman–Crippen LogP) is 4.87. The zero-order valence-corrected chi connectivity index (χ0v) is 16.2. The van der Waals surface area contributed by atoms with E-state index < -0.39 is 24.6 Å². The van der Waals surface area contributed by atoms with Gasteiger partial charge in [-0.1, -0.05) is 34.8 Å². The molecule has 0 saturated heterocycles. The number of hydrogen-bond donors (Lipinski definition) is 0. The molecule has 0 aliphatic heterocycles. The van der Waals surface area contributed by atoms with E-state index in [0.717, 1.165) is 5.56 Å². The van der Waals surface area contributed by atoms with Gasteiger partial charge in [0.1, 0.15) is 11.5 Å². The van der Waals surface area contributed by atoms with Crippen molar-refractivity contribution in [2.75, 3.05) is 6.61 Å². The van der Waals surface area contributed by atoms with E-state index in [9.17, 15) is 9.59 Å². The Labute approximate surface area is 165 Å². The van der Waals surface area contributed by atoms with E-state index >= 15 is 0 Å². The van der Waals surface area contributed by atoms with Crippen molar-refractivity contribution in [1.29, 1.82) is 0 Å². The zero-order chi connectivity index (χ0) is 19.3. The summed E-state index contributed by atoms with van der Waals surface area (Å²) in [7, 11) is 0. The molecule has 0 amide bonds. The topological polar surface area (TPSA) is 61.8 Å². The molecule has 8 heteroatoms. The fourth-order valence-electron chi connectivity index (χ4n) is 1.95. The number of carbonyl (C=O) groups excluding carboxylic acids is 2. The Bertz CT molecular complexity index is 822. The van der Waals surface area contributed by atoms with Crippen molar-refractivity contribution in [2.45, 2.75) is 20.0 Å². The molecule has 2 aromatic rings. The summed E-state index contributed by atoms with van der Waals surface area (Å²) in [5.74, 6) is -0.989. The van der Waals surface area contributed by atoms with Crippen molar-refractivity contribution in [3.8, 4) is 11.5 Å². The molecule has 2 aromatic carbocycles. The second kappa shape index (κ2) is 9.12. The average Bonchev–Trinajstić information content (AvgIpc) is 2.56. The van der Waals surface area contributed by atoms with Gasteiger partial charge in [-0.15, -0.1) is 0 Å². The van der Waals surface area contributed by atoms with Crippen molar-refractivity contribution in [2.24, 2.45) is 0 Å². The molecule has 1 atom stereocenters. The number of hydrogen-bond acceptors (Lipinski definition) is 5. The van der Waals surface area contributed by atoms with Gasteiger partial charge in [-0.3, -0.25) is 0 Å². The molecule has 0 aliphatic rings. The van der Waals surface area contributed by atoms with Crippen LogP contribution in [0.15, 0.2) is 36.4 Å². The lowest BCUT2D eigenvalue weighted by Gasteiger charge is -2.14. The van der Waals surface area contributed by atoms with Crippen LogP contribution in [0.5, 0.6) is 11.5 Å². The van der Waals surface area contributed by atoms with Crippen LogP contribution in [0, 0.1) is 6.92 Å². The largest absolute Gasteiger partial charge is 0.482 e. The molecule has 0 radical (unpaired) electrons. The van der Waals surface area contributed by atoms with Gasteiger partial charge >= 0.3 is 11.9 Å². The number of halogens is 3. The van der Waals surface area contributed by atoms with Crippen LogP contribution in [-0.2, 0) is 14.3 Å². The maximum absolute atomic E-state index is 11.9. The minimum absolute atomic E-state index is 0.241. The van der Waals surface area contributed by atoms with Crippen LogP contribution in [0.2, 0.25) is 15.1 Å². The highest BCUT2D eigenvalue weighted by Gasteiger charge is 2.21. The summed E-state index contributed by atoms with van der Waals surface area (Å²) >= 11 is 17.6. The molecule has 26 heavy (non-hydrogen) atoms. The zero-order valence-electron chi connectivity index (χ0n) is 13.9. The van der Waals surface area contributed by atoms with Crippen LogP contribution >= 0.6 is 34.8 Å². The monoisotopic (exact) mass is 416 g/mol. The molecule has 0 spiro atoms. The second-order valence-corrected chi connectivity index (χ2v) is 6.61. The molecule has 0 unspecified atom stereocenters. The van der Waals surface area contributed by atoms with Crippen molar-refractivity contribution in [1.82, 2.24) is 0 Å². The standard InChI is InChI=1S/C18H15Cl3O5/c1-10-7-12(19)3-5-15(10)24-9-17(22)26-18(23)11(2)25-16-6-4-13(20)8-14(16)21/h3-8,11H,9H2,1-2H3/t11-/m0/s1. The Morgan fingerprint density at radius 2 is 1.62 bits per heavy atom. The summed E-state index contributed by atoms with van der Waals surface area (Å²) < 4.78 is 15.4. The maximum atomic E-state index is 11.9. The van der Waals surface area contributed by atoms with Gasteiger partial charge in [0, 0.05) is 10.0 Å². The number of benzene rings is 2. The first-order chi connectivity index (χ1) is 12.3. The molecule has 2 rings (SSSR count). The first-order valence-corrected chi connectivity index (χ1v) is 8.65. The van der Waals surface area contributed by atoms with E-state index in [-0.39, 0.29) is 10.8 Å². The second-order valence-electron chi connectivity index (χ2n) is 5.33. The minimum atomic E-state index is -1.05. The summed E-state index contributed by atoms with van der Waals surface area (Å²) in [6.45, 7) is 2.79. The van der Waals surface area contributed by atoms with Gasteiger partial charge in [-0.2, -0.15) is 0 Å². The Hall–Kier alpha value is -1.95. The highest BCUT2D eigenvalue weighted by molar-refractivity contribution is 6.35. The molecule has 0 fully saturated rings. The summed E-state index contributed by atoms with van der Waals surface area (Å²) in [6.07, 6.45) is -1.05. The molecule has 5 nitrogen and oxygen atoms in total. The summed E-state index contributed by atoms with van der Waals surface area (Å²) in [5.41, 5.74) is 0.755. The Balaban J connectivity index is 1.86. The summed E-state index contributed by atoms with van der Waals surface area (Å²) in [4.78, 5) is 23.7. The third kappa shape index (κ3) is 5.80. The fraction of sp³-hybridized carbons (Fsp3) is 0.222. The number of aryl methyl sites for hydroxylation is 1. The summed E-state index contributed by atoms with van der Waals surface area (Å²) in [6, 6.07) is 9.51. The normalized spacial score (nSPS) is 11.6. The molecule has 0 aliphatic carbocycles. The van der Waals surface area contributed by atoms with E-state index in [1.807, 2.05) is 0 Å². The molecular weight excluding hydrogens is 403 g/mol. The molecular formula is C18H15Cl3O5. The van der Waals surface area contributed by atoms with Crippen LogP contribution in [-0.4, -0.2) is 24.6 Å². The molecule has 0 N–H and O–H groups in total.